The molecule has 0 spiro atoms. The third kappa shape index (κ3) is 4.50. The van der Waals surface area contributed by atoms with Crippen LogP contribution in [0.1, 0.15) is 12.6 Å². The van der Waals surface area contributed by atoms with Crippen LogP contribution in [-0.2, 0) is 4.79 Å². The maximum atomic E-state index is 11.2. The van der Waals surface area contributed by atoms with Gasteiger partial charge in [-0.25, -0.2) is 9.97 Å². The second-order valence-electron chi connectivity index (χ2n) is 6.76. The Morgan fingerprint density at radius 3 is 2.57 bits per heavy atom. The van der Waals surface area contributed by atoms with E-state index in [0.717, 1.165) is 16.8 Å². The summed E-state index contributed by atoms with van der Waals surface area (Å²) in [6.45, 7) is 3.40. The fourth-order valence-electron chi connectivity index (χ4n) is 3.00. The Labute approximate surface area is 178 Å². The van der Waals surface area contributed by atoms with E-state index in [0.29, 0.717) is 33.5 Å². The number of aryl methyl sites for hydroxylation is 1. The summed E-state index contributed by atoms with van der Waals surface area (Å²) in [5.41, 5.74) is 3.83. The molecule has 0 aliphatic heterocycles. The molecule has 0 aliphatic carbocycles. The number of hydrogen-bond donors (Lipinski definition) is 2. The molecule has 0 atom stereocenters. The molecular formula is C23H19ClN4O2. The van der Waals surface area contributed by atoms with Gasteiger partial charge < -0.3 is 15.4 Å². The Morgan fingerprint density at radius 2 is 1.80 bits per heavy atom. The number of rotatable bonds is 5. The summed E-state index contributed by atoms with van der Waals surface area (Å²) in [7, 11) is 0. The van der Waals surface area contributed by atoms with Crippen molar-refractivity contribution in [1.29, 1.82) is 0 Å². The first-order valence-electron chi connectivity index (χ1n) is 9.32. The van der Waals surface area contributed by atoms with Crippen LogP contribution in [0.25, 0.3) is 11.0 Å². The Morgan fingerprint density at radius 1 is 1.00 bits per heavy atom. The van der Waals surface area contributed by atoms with Gasteiger partial charge in [-0.2, -0.15) is 0 Å². The number of carbonyl (C=O) groups excluding carboxylic acids is 1. The second-order valence-corrected chi connectivity index (χ2v) is 7.19. The van der Waals surface area contributed by atoms with Crippen LogP contribution < -0.4 is 15.4 Å². The van der Waals surface area contributed by atoms with Gasteiger partial charge in [-0.1, -0.05) is 11.6 Å². The number of carbonyl (C=O) groups is 1. The number of nitrogens with zero attached hydrogens (tertiary/aromatic N) is 2. The van der Waals surface area contributed by atoms with Gasteiger partial charge in [0.15, 0.2) is 11.4 Å². The molecule has 4 rings (SSSR count). The van der Waals surface area contributed by atoms with E-state index < -0.39 is 0 Å². The highest BCUT2D eigenvalue weighted by Gasteiger charge is 2.10. The van der Waals surface area contributed by atoms with Gasteiger partial charge in [-0.15, -0.1) is 0 Å². The second kappa shape index (κ2) is 8.39. The summed E-state index contributed by atoms with van der Waals surface area (Å²) in [6, 6.07) is 18.3. The SMILES string of the molecule is CC(=O)Nc1ccc(Oc2ccc(Cl)cc2Nc2ccnc3nc(C)ccc23)cc1. The number of nitrogens with one attached hydrogen (secondary N) is 2. The van der Waals surface area contributed by atoms with Gasteiger partial charge >= 0.3 is 0 Å². The monoisotopic (exact) mass is 418 g/mol. The van der Waals surface area contributed by atoms with Gasteiger partial charge in [0.1, 0.15) is 5.75 Å². The molecule has 4 aromatic rings. The van der Waals surface area contributed by atoms with Gasteiger partial charge in [0, 0.05) is 34.9 Å². The zero-order valence-corrected chi connectivity index (χ0v) is 17.2. The van der Waals surface area contributed by atoms with Crippen LogP contribution in [0, 0.1) is 6.92 Å². The summed E-state index contributed by atoms with van der Waals surface area (Å²) in [5.74, 6) is 1.12. The van der Waals surface area contributed by atoms with Crippen LogP contribution in [0.5, 0.6) is 11.5 Å². The molecule has 0 saturated carbocycles. The van der Waals surface area contributed by atoms with Crippen molar-refractivity contribution in [3.8, 4) is 11.5 Å². The molecular weight excluding hydrogens is 400 g/mol. The topological polar surface area (TPSA) is 76.1 Å². The molecule has 2 aromatic heterocycles. The van der Waals surface area contributed by atoms with E-state index >= 15 is 0 Å². The van der Waals surface area contributed by atoms with Gasteiger partial charge in [-0.3, -0.25) is 4.79 Å². The van der Waals surface area contributed by atoms with Crippen LogP contribution >= 0.6 is 11.6 Å². The summed E-state index contributed by atoms with van der Waals surface area (Å²) in [4.78, 5) is 20.0. The Balaban J connectivity index is 1.64. The predicted octanol–water partition coefficient (Wildman–Crippen LogP) is 6.09. The lowest BCUT2D eigenvalue weighted by atomic mass is 10.2. The molecule has 30 heavy (non-hydrogen) atoms. The molecule has 150 valence electrons. The summed E-state index contributed by atoms with van der Waals surface area (Å²) < 4.78 is 6.06. The summed E-state index contributed by atoms with van der Waals surface area (Å²) >= 11 is 6.23. The molecule has 0 saturated heterocycles. The molecule has 2 aromatic carbocycles. The lowest BCUT2D eigenvalue weighted by Crippen LogP contribution is -2.05. The van der Waals surface area contributed by atoms with Gasteiger partial charge in [0.05, 0.1) is 11.4 Å². The fourth-order valence-corrected chi connectivity index (χ4v) is 3.18. The van der Waals surface area contributed by atoms with Crippen LogP contribution in [0.15, 0.2) is 66.9 Å². The van der Waals surface area contributed by atoms with Crippen molar-refractivity contribution >= 4 is 45.6 Å². The Kier molecular flexibility index (Phi) is 5.50. The Hall–Kier alpha value is -3.64. The van der Waals surface area contributed by atoms with Gasteiger partial charge in [0.25, 0.3) is 0 Å². The molecule has 7 heteroatoms. The molecule has 0 bridgehead atoms. The van der Waals surface area contributed by atoms with Crippen LogP contribution in [0.3, 0.4) is 0 Å². The number of ether oxygens (including phenoxy) is 1. The van der Waals surface area contributed by atoms with Gasteiger partial charge in [-0.05, 0) is 67.6 Å². The molecule has 2 heterocycles. The molecule has 0 unspecified atom stereocenters. The standard InChI is InChI=1S/C23H19ClN4O2/c1-14-3-9-19-20(11-12-25-23(19)26-14)28-21-13-16(24)4-10-22(21)30-18-7-5-17(6-8-18)27-15(2)29/h3-13H,1-2H3,(H,27,29)(H,25,26,28). The number of halogens is 1. The van der Waals surface area contributed by atoms with E-state index in [9.17, 15) is 4.79 Å². The molecule has 6 nitrogen and oxygen atoms in total. The van der Waals surface area contributed by atoms with Crippen molar-refractivity contribution < 1.29 is 9.53 Å². The summed E-state index contributed by atoms with van der Waals surface area (Å²) in [5, 5.41) is 7.60. The van der Waals surface area contributed by atoms with Crippen LogP contribution in [0.4, 0.5) is 17.1 Å². The van der Waals surface area contributed by atoms with Crippen molar-refractivity contribution in [3.05, 3.63) is 77.6 Å². The zero-order valence-electron chi connectivity index (χ0n) is 16.4. The number of fused-ring (bicyclic) bond motifs is 1. The third-order valence-electron chi connectivity index (χ3n) is 4.36. The number of aromatic nitrogens is 2. The number of anilines is 3. The highest BCUT2D eigenvalue weighted by molar-refractivity contribution is 6.31. The average molecular weight is 419 g/mol. The highest BCUT2D eigenvalue weighted by Crippen LogP contribution is 2.35. The van der Waals surface area contributed by atoms with Crippen molar-refractivity contribution in [1.82, 2.24) is 9.97 Å². The lowest BCUT2D eigenvalue weighted by molar-refractivity contribution is -0.114. The van der Waals surface area contributed by atoms with E-state index in [1.165, 1.54) is 6.92 Å². The summed E-state index contributed by atoms with van der Waals surface area (Å²) in [6.07, 6.45) is 1.71. The smallest absolute Gasteiger partial charge is 0.221 e. The number of benzene rings is 2. The van der Waals surface area contributed by atoms with E-state index in [4.69, 9.17) is 16.3 Å². The van der Waals surface area contributed by atoms with E-state index in [-0.39, 0.29) is 5.91 Å². The number of hydrogen-bond acceptors (Lipinski definition) is 5. The molecule has 0 aliphatic rings. The van der Waals surface area contributed by atoms with Crippen LogP contribution in [-0.4, -0.2) is 15.9 Å². The van der Waals surface area contributed by atoms with Gasteiger partial charge in [0.2, 0.25) is 5.91 Å². The zero-order chi connectivity index (χ0) is 21.1. The fraction of sp³-hybridized carbons (Fsp3) is 0.0870. The highest BCUT2D eigenvalue weighted by atomic mass is 35.5. The van der Waals surface area contributed by atoms with E-state index in [1.807, 2.05) is 25.1 Å². The quantitative estimate of drug-likeness (QED) is 0.410. The normalized spacial score (nSPS) is 10.6. The minimum absolute atomic E-state index is 0.123. The molecule has 1 amide bonds. The van der Waals surface area contributed by atoms with Crippen molar-refractivity contribution in [2.45, 2.75) is 13.8 Å². The third-order valence-corrected chi connectivity index (χ3v) is 4.59. The molecule has 0 fully saturated rings. The van der Waals surface area contributed by atoms with E-state index in [2.05, 4.69) is 20.6 Å². The van der Waals surface area contributed by atoms with Crippen LogP contribution in [0.2, 0.25) is 5.02 Å². The first kappa shape index (κ1) is 19.7. The lowest BCUT2D eigenvalue weighted by Gasteiger charge is -2.15. The Bertz CT molecular complexity index is 1230. The molecule has 0 radical (unpaired) electrons. The number of pyridine rings is 2. The average Bonchev–Trinajstić information content (AvgIpc) is 2.71. The minimum atomic E-state index is -0.123. The van der Waals surface area contributed by atoms with Crippen molar-refractivity contribution in [3.63, 3.8) is 0 Å². The van der Waals surface area contributed by atoms with E-state index in [1.54, 1.807) is 48.7 Å². The molecule has 2 N–H and O–H groups in total. The predicted molar refractivity (Wildman–Crippen MR) is 120 cm³/mol. The van der Waals surface area contributed by atoms with Crippen molar-refractivity contribution in [2.75, 3.05) is 10.6 Å². The number of amides is 1. The minimum Gasteiger partial charge on any atom is -0.455 e. The maximum absolute atomic E-state index is 11.2. The largest absolute Gasteiger partial charge is 0.455 e. The first-order valence-corrected chi connectivity index (χ1v) is 9.70. The van der Waals surface area contributed by atoms with Crippen molar-refractivity contribution in [2.24, 2.45) is 0 Å². The maximum Gasteiger partial charge on any atom is 0.221 e. The first-order chi connectivity index (χ1) is 14.5.